The predicted molar refractivity (Wildman–Crippen MR) is 335 cm³/mol. The van der Waals surface area contributed by atoms with Crippen LogP contribution < -0.4 is 0 Å². The summed E-state index contributed by atoms with van der Waals surface area (Å²) in [6.45, 7) is 4.33. The summed E-state index contributed by atoms with van der Waals surface area (Å²) in [6.07, 6.45) is 80.7. The van der Waals surface area contributed by atoms with Crippen molar-refractivity contribution in [3.63, 3.8) is 0 Å². The highest BCUT2D eigenvalue weighted by atomic mass is 31.2. The molecule has 0 radical (unpaired) electrons. The van der Waals surface area contributed by atoms with Crippen LogP contribution in [0.1, 0.15) is 271 Å². The van der Waals surface area contributed by atoms with Gasteiger partial charge in [-0.25, -0.2) is 4.57 Å². The van der Waals surface area contributed by atoms with Crippen molar-refractivity contribution in [1.82, 2.24) is 0 Å². The highest BCUT2D eigenvalue weighted by Crippen LogP contribution is 2.43. The Hall–Kier alpha value is -3.07. The maximum atomic E-state index is 12.8. The molecule has 0 rings (SSSR count). The van der Waals surface area contributed by atoms with Gasteiger partial charge in [-0.05, 0) is 77.0 Å². The molecule has 0 aromatic heterocycles. The number of quaternary nitrogens is 1. The first-order valence-electron chi connectivity index (χ1n) is 32.0. The van der Waals surface area contributed by atoms with Gasteiger partial charge < -0.3 is 18.9 Å². The molecule has 0 spiro atoms. The standard InChI is InChI=1S/C68H120NO8P/c1-6-8-10-12-14-16-18-20-21-22-23-24-25-26-27-28-29-30-31-32-33-34-35-36-37-38-39-40-41-42-43-44-45-46-47-49-51-53-55-57-59-61-68(71)77-66(65-76-78(72,73)75-63-62-69(3,4)5)64-74-67(70)60-58-56-54-52-50-48-19-17-15-13-11-9-7-2/h8,10,14,16,20-21,23-24,26-27,29-30,32-33,35-36,66H,6-7,9,11-13,15,17-19,22,25,28,31,34,37-65H2,1-5H3/p+1/b10-8-,16-14-,21-20-,24-23-,27-26-,30-29-,33-32-,36-35-. The third-order valence-electron chi connectivity index (χ3n) is 13.6. The topological polar surface area (TPSA) is 108 Å². The van der Waals surface area contributed by atoms with Crippen molar-refractivity contribution < 1.29 is 42.1 Å². The molecule has 0 aromatic carbocycles. The van der Waals surface area contributed by atoms with Gasteiger partial charge in [0, 0.05) is 12.8 Å². The second kappa shape index (κ2) is 58.6. The lowest BCUT2D eigenvalue weighted by atomic mass is 10.0. The van der Waals surface area contributed by atoms with E-state index in [2.05, 4.69) is 111 Å². The fourth-order valence-electron chi connectivity index (χ4n) is 8.74. The maximum Gasteiger partial charge on any atom is 0.472 e. The molecule has 0 aliphatic rings. The number of phosphoric acid groups is 1. The second-order valence-electron chi connectivity index (χ2n) is 22.4. The SMILES string of the molecule is CC/C=C\C/C=C\C/C=C\C/C=C\C/C=C\C/C=C\C/C=C\C/C=C\CCCCCCCCCCCCCCCCCCC(=O)OC(COC(=O)CCCCCCCCCCCCCCC)COP(=O)(O)OCC[N+](C)(C)C. The van der Waals surface area contributed by atoms with Crippen molar-refractivity contribution >= 4 is 19.8 Å². The van der Waals surface area contributed by atoms with E-state index in [1.807, 2.05) is 21.1 Å². The summed E-state index contributed by atoms with van der Waals surface area (Å²) >= 11 is 0. The number of carbonyl (C=O) groups excluding carboxylic acids is 2. The minimum atomic E-state index is -4.38. The second-order valence-corrected chi connectivity index (χ2v) is 23.9. The van der Waals surface area contributed by atoms with Gasteiger partial charge in [0.2, 0.25) is 0 Å². The summed E-state index contributed by atoms with van der Waals surface area (Å²) in [5.74, 6) is -0.790. The molecule has 78 heavy (non-hydrogen) atoms. The molecule has 0 saturated carbocycles. The van der Waals surface area contributed by atoms with Crippen LogP contribution in [0.15, 0.2) is 97.2 Å². The Morgan fingerprint density at radius 3 is 1.09 bits per heavy atom. The van der Waals surface area contributed by atoms with E-state index in [-0.39, 0.29) is 25.6 Å². The molecule has 0 aliphatic heterocycles. The summed E-state index contributed by atoms with van der Waals surface area (Å²) in [4.78, 5) is 35.6. The van der Waals surface area contributed by atoms with Gasteiger partial charge in [0.15, 0.2) is 6.10 Å². The molecule has 9 nitrogen and oxygen atoms in total. The Morgan fingerprint density at radius 2 is 0.731 bits per heavy atom. The molecule has 10 heteroatoms. The quantitative estimate of drug-likeness (QED) is 0.0211. The molecule has 0 fully saturated rings. The normalized spacial score (nSPS) is 13.9. The summed E-state index contributed by atoms with van der Waals surface area (Å²) in [5, 5.41) is 0. The molecular weight excluding hydrogens is 990 g/mol. The number of likely N-dealkylation sites (N-methyl/N-ethyl adjacent to an activating group) is 1. The number of unbranched alkanes of at least 4 members (excludes halogenated alkanes) is 28. The number of carbonyl (C=O) groups is 2. The molecule has 0 heterocycles. The van der Waals surface area contributed by atoms with Crippen molar-refractivity contribution in [3.05, 3.63) is 97.2 Å². The van der Waals surface area contributed by atoms with Gasteiger partial charge in [0.05, 0.1) is 27.7 Å². The van der Waals surface area contributed by atoms with Gasteiger partial charge in [-0.3, -0.25) is 18.6 Å². The molecule has 2 unspecified atom stereocenters. The molecular formula is C68H121NO8P+. The van der Waals surface area contributed by atoms with Crippen molar-refractivity contribution in [2.24, 2.45) is 0 Å². The molecule has 0 saturated heterocycles. The Labute approximate surface area is 481 Å². The van der Waals surface area contributed by atoms with Crippen LogP contribution in [0, 0.1) is 0 Å². The van der Waals surface area contributed by atoms with Crippen LogP contribution in [-0.2, 0) is 32.7 Å². The van der Waals surface area contributed by atoms with Crippen molar-refractivity contribution in [2.75, 3.05) is 47.5 Å². The van der Waals surface area contributed by atoms with E-state index >= 15 is 0 Å². The van der Waals surface area contributed by atoms with Gasteiger partial charge in [0.1, 0.15) is 19.8 Å². The fourth-order valence-corrected chi connectivity index (χ4v) is 9.48. The number of hydrogen-bond donors (Lipinski definition) is 1. The number of ether oxygens (including phenoxy) is 2. The first-order valence-corrected chi connectivity index (χ1v) is 33.5. The van der Waals surface area contributed by atoms with Gasteiger partial charge in [-0.2, -0.15) is 0 Å². The van der Waals surface area contributed by atoms with Gasteiger partial charge in [-0.1, -0.05) is 278 Å². The minimum Gasteiger partial charge on any atom is -0.462 e. The van der Waals surface area contributed by atoms with E-state index in [9.17, 15) is 19.0 Å². The Balaban J connectivity index is 3.96. The van der Waals surface area contributed by atoms with E-state index in [1.54, 1.807) is 0 Å². The van der Waals surface area contributed by atoms with Gasteiger partial charge in [-0.15, -0.1) is 0 Å². The monoisotopic (exact) mass is 1110 g/mol. The zero-order chi connectivity index (χ0) is 57.0. The van der Waals surface area contributed by atoms with E-state index in [1.165, 1.54) is 154 Å². The lowest BCUT2D eigenvalue weighted by Gasteiger charge is -2.24. The number of hydrogen-bond acceptors (Lipinski definition) is 7. The fraction of sp³-hybridized carbons (Fsp3) is 0.735. The molecule has 0 aliphatic carbocycles. The van der Waals surface area contributed by atoms with Crippen molar-refractivity contribution in [2.45, 2.75) is 277 Å². The van der Waals surface area contributed by atoms with E-state index in [0.29, 0.717) is 23.9 Å². The van der Waals surface area contributed by atoms with Crippen LogP contribution in [0.2, 0.25) is 0 Å². The lowest BCUT2D eigenvalue weighted by molar-refractivity contribution is -0.870. The van der Waals surface area contributed by atoms with Crippen LogP contribution in [0.25, 0.3) is 0 Å². The van der Waals surface area contributed by atoms with Crippen LogP contribution in [-0.4, -0.2) is 74.9 Å². The van der Waals surface area contributed by atoms with Gasteiger partial charge >= 0.3 is 19.8 Å². The Bertz CT molecular complexity index is 1640. The average molecular weight is 1110 g/mol. The highest BCUT2D eigenvalue weighted by molar-refractivity contribution is 7.47. The predicted octanol–water partition coefficient (Wildman–Crippen LogP) is 20.4. The number of nitrogens with zero attached hydrogens (tertiary/aromatic N) is 1. The number of phosphoric ester groups is 1. The lowest BCUT2D eigenvalue weighted by Crippen LogP contribution is -2.37. The third kappa shape index (κ3) is 62.1. The molecule has 0 bridgehead atoms. The van der Waals surface area contributed by atoms with Crippen molar-refractivity contribution in [1.29, 1.82) is 0 Å². The maximum absolute atomic E-state index is 12.8. The first kappa shape index (κ1) is 74.9. The van der Waals surface area contributed by atoms with Crippen LogP contribution in [0.5, 0.6) is 0 Å². The molecule has 450 valence electrons. The van der Waals surface area contributed by atoms with Crippen LogP contribution >= 0.6 is 7.82 Å². The minimum absolute atomic E-state index is 0.0312. The Kier molecular flexibility index (Phi) is 56.3. The molecule has 0 aromatic rings. The van der Waals surface area contributed by atoms with Crippen LogP contribution in [0.4, 0.5) is 0 Å². The molecule has 2 atom stereocenters. The van der Waals surface area contributed by atoms with E-state index in [0.717, 1.165) is 83.5 Å². The molecule has 1 N–H and O–H groups in total. The van der Waals surface area contributed by atoms with E-state index < -0.39 is 26.5 Å². The summed E-state index contributed by atoms with van der Waals surface area (Å²) < 4.78 is 34.6. The zero-order valence-corrected chi connectivity index (χ0v) is 52.0. The smallest absolute Gasteiger partial charge is 0.462 e. The summed E-state index contributed by atoms with van der Waals surface area (Å²) in [6, 6.07) is 0. The van der Waals surface area contributed by atoms with Crippen LogP contribution in [0.3, 0.4) is 0 Å². The number of esters is 2. The summed E-state index contributed by atoms with van der Waals surface area (Å²) in [7, 11) is 1.48. The van der Waals surface area contributed by atoms with Gasteiger partial charge in [0.25, 0.3) is 0 Å². The number of rotatable bonds is 58. The summed E-state index contributed by atoms with van der Waals surface area (Å²) in [5.41, 5.74) is 0. The highest BCUT2D eigenvalue weighted by Gasteiger charge is 2.27. The Morgan fingerprint density at radius 1 is 0.410 bits per heavy atom. The number of allylic oxidation sites excluding steroid dienone is 16. The largest absolute Gasteiger partial charge is 0.472 e. The van der Waals surface area contributed by atoms with E-state index in [4.69, 9.17) is 18.5 Å². The average Bonchev–Trinajstić information content (AvgIpc) is 3.40. The first-order chi connectivity index (χ1) is 38.0. The third-order valence-corrected chi connectivity index (χ3v) is 14.6. The zero-order valence-electron chi connectivity index (χ0n) is 51.1. The molecule has 0 amide bonds. The van der Waals surface area contributed by atoms with Crippen molar-refractivity contribution in [3.8, 4) is 0 Å².